The van der Waals surface area contributed by atoms with Crippen LogP contribution in [0, 0.1) is 5.82 Å². The Morgan fingerprint density at radius 3 is 2.71 bits per heavy atom. The zero-order chi connectivity index (χ0) is 13.0. The van der Waals surface area contributed by atoms with Gasteiger partial charge in [-0.25, -0.2) is 4.39 Å². The highest BCUT2D eigenvalue weighted by Crippen LogP contribution is 2.21. The molecule has 1 rings (SSSR count). The number of aliphatic carboxylic acids is 1. The van der Waals surface area contributed by atoms with Gasteiger partial charge in [-0.05, 0) is 17.7 Å². The van der Waals surface area contributed by atoms with Gasteiger partial charge in [-0.15, -0.1) is 0 Å². The number of methoxy groups -OCH3 is 1. The molecule has 0 saturated carbocycles. The molecule has 0 saturated heterocycles. The number of rotatable bonds is 5. The second-order valence-corrected chi connectivity index (χ2v) is 4.06. The molecular formula is C11H13ClFNO3. The Morgan fingerprint density at radius 2 is 2.18 bits per heavy atom. The van der Waals surface area contributed by atoms with Crippen LogP contribution >= 0.6 is 11.6 Å². The van der Waals surface area contributed by atoms with Crippen molar-refractivity contribution in [1.29, 1.82) is 0 Å². The third kappa shape index (κ3) is 3.66. The van der Waals surface area contributed by atoms with Crippen LogP contribution < -0.4 is 5.73 Å². The van der Waals surface area contributed by atoms with Crippen molar-refractivity contribution >= 4 is 17.6 Å². The zero-order valence-corrected chi connectivity index (χ0v) is 10.00. The van der Waals surface area contributed by atoms with Crippen molar-refractivity contribution in [2.75, 3.05) is 7.11 Å². The van der Waals surface area contributed by atoms with Crippen LogP contribution in [0.1, 0.15) is 11.1 Å². The minimum absolute atomic E-state index is 0.0711. The fourth-order valence-electron chi connectivity index (χ4n) is 1.44. The van der Waals surface area contributed by atoms with Gasteiger partial charge in [0.05, 0.1) is 6.61 Å². The summed E-state index contributed by atoms with van der Waals surface area (Å²) < 4.78 is 18.7. The Labute approximate surface area is 103 Å². The molecule has 0 aliphatic carbocycles. The number of nitrogens with two attached hydrogens (primary N) is 1. The summed E-state index contributed by atoms with van der Waals surface area (Å²) in [4.78, 5) is 10.6. The minimum atomic E-state index is -1.18. The molecule has 0 fully saturated rings. The summed E-state index contributed by atoms with van der Waals surface area (Å²) in [6, 6.07) is 1.66. The van der Waals surface area contributed by atoms with E-state index in [9.17, 15) is 9.18 Å². The summed E-state index contributed by atoms with van der Waals surface area (Å²) >= 11 is 5.81. The van der Waals surface area contributed by atoms with Crippen LogP contribution in [-0.4, -0.2) is 24.2 Å². The number of carbonyl (C=O) groups is 1. The largest absolute Gasteiger partial charge is 0.480 e. The molecule has 94 valence electrons. The molecule has 0 aromatic heterocycles. The molecule has 1 unspecified atom stereocenters. The Bertz CT molecular complexity index is 425. The number of benzene rings is 1. The van der Waals surface area contributed by atoms with E-state index in [0.29, 0.717) is 5.02 Å². The van der Waals surface area contributed by atoms with Crippen LogP contribution in [-0.2, 0) is 22.6 Å². The Hall–Kier alpha value is -1.17. The fraction of sp³-hybridized carbons (Fsp3) is 0.364. The van der Waals surface area contributed by atoms with Crippen molar-refractivity contribution in [3.63, 3.8) is 0 Å². The smallest absolute Gasteiger partial charge is 0.320 e. The second-order valence-electron chi connectivity index (χ2n) is 3.62. The molecule has 6 heteroatoms. The topological polar surface area (TPSA) is 72.5 Å². The predicted molar refractivity (Wildman–Crippen MR) is 61.4 cm³/mol. The van der Waals surface area contributed by atoms with Gasteiger partial charge in [-0.1, -0.05) is 11.6 Å². The normalized spacial score (nSPS) is 12.5. The highest BCUT2D eigenvalue weighted by molar-refractivity contribution is 6.30. The SMILES string of the molecule is COCc1cc(Cl)cc(CC(N)C(=O)O)c1F. The number of halogens is 2. The van der Waals surface area contributed by atoms with Crippen LogP contribution in [0.25, 0.3) is 0 Å². The van der Waals surface area contributed by atoms with Gasteiger partial charge in [-0.3, -0.25) is 4.79 Å². The first-order chi connectivity index (χ1) is 7.95. The molecular weight excluding hydrogens is 249 g/mol. The number of carboxylic acids is 1. The molecule has 1 aromatic carbocycles. The summed E-state index contributed by atoms with van der Waals surface area (Å²) in [5.74, 6) is -1.70. The zero-order valence-electron chi connectivity index (χ0n) is 9.24. The van der Waals surface area contributed by atoms with E-state index in [4.69, 9.17) is 27.2 Å². The first-order valence-electron chi connectivity index (χ1n) is 4.89. The summed E-state index contributed by atoms with van der Waals surface area (Å²) in [5, 5.41) is 9.00. The van der Waals surface area contributed by atoms with E-state index in [1.54, 1.807) is 0 Å². The van der Waals surface area contributed by atoms with Crippen molar-refractivity contribution in [3.8, 4) is 0 Å². The second kappa shape index (κ2) is 5.95. The van der Waals surface area contributed by atoms with E-state index in [1.165, 1.54) is 19.2 Å². The van der Waals surface area contributed by atoms with Crippen molar-refractivity contribution < 1.29 is 19.0 Å². The number of hydrogen-bond donors (Lipinski definition) is 2. The Balaban J connectivity index is 3.02. The fourth-order valence-corrected chi connectivity index (χ4v) is 1.70. The monoisotopic (exact) mass is 261 g/mol. The van der Waals surface area contributed by atoms with Gasteiger partial charge in [0.25, 0.3) is 0 Å². The van der Waals surface area contributed by atoms with E-state index < -0.39 is 17.8 Å². The summed E-state index contributed by atoms with van der Waals surface area (Å²) in [5.41, 5.74) is 5.82. The van der Waals surface area contributed by atoms with Crippen molar-refractivity contribution in [3.05, 3.63) is 34.1 Å². The summed E-state index contributed by atoms with van der Waals surface area (Å²) in [6.07, 6.45) is -0.113. The Kier molecular flexibility index (Phi) is 4.86. The molecule has 17 heavy (non-hydrogen) atoms. The van der Waals surface area contributed by atoms with Crippen molar-refractivity contribution in [2.45, 2.75) is 19.1 Å². The number of carboxylic acid groups (broad SMARTS) is 1. The lowest BCUT2D eigenvalue weighted by atomic mass is 10.0. The molecule has 0 amide bonds. The van der Waals surface area contributed by atoms with Gasteiger partial charge < -0.3 is 15.6 Å². The molecule has 0 radical (unpaired) electrons. The lowest BCUT2D eigenvalue weighted by molar-refractivity contribution is -0.138. The molecule has 0 spiro atoms. The average Bonchev–Trinajstić information content (AvgIpc) is 2.24. The summed E-state index contributed by atoms with van der Waals surface area (Å²) in [7, 11) is 1.43. The number of ether oxygens (including phenoxy) is 1. The lowest BCUT2D eigenvalue weighted by Gasteiger charge is -2.11. The van der Waals surface area contributed by atoms with E-state index >= 15 is 0 Å². The standard InChI is InChI=1S/C11H13ClFNO3/c1-17-5-7-3-8(12)2-6(10(7)13)4-9(14)11(15)16/h2-3,9H,4-5,14H2,1H3,(H,15,16). The minimum Gasteiger partial charge on any atom is -0.480 e. The molecule has 1 atom stereocenters. The van der Waals surface area contributed by atoms with Crippen LogP contribution in [0.4, 0.5) is 4.39 Å². The average molecular weight is 262 g/mol. The lowest BCUT2D eigenvalue weighted by Crippen LogP contribution is -2.32. The molecule has 0 bridgehead atoms. The maximum absolute atomic E-state index is 13.9. The van der Waals surface area contributed by atoms with Gasteiger partial charge >= 0.3 is 5.97 Å². The van der Waals surface area contributed by atoms with E-state index in [2.05, 4.69) is 0 Å². The highest BCUT2D eigenvalue weighted by atomic mass is 35.5. The molecule has 4 nitrogen and oxygen atoms in total. The van der Waals surface area contributed by atoms with Gasteiger partial charge in [-0.2, -0.15) is 0 Å². The van der Waals surface area contributed by atoms with E-state index in [0.717, 1.165) is 0 Å². The van der Waals surface area contributed by atoms with Crippen LogP contribution in [0.3, 0.4) is 0 Å². The highest BCUT2D eigenvalue weighted by Gasteiger charge is 2.17. The van der Waals surface area contributed by atoms with Gasteiger partial charge in [0.2, 0.25) is 0 Å². The first-order valence-corrected chi connectivity index (χ1v) is 5.27. The van der Waals surface area contributed by atoms with Crippen LogP contribution in [0.5, 0.6) is 0 Å². The Morgan fingerprint density at radius 1 is 1.59 bits per heavy atom. The molecule has 0 heterocycles. The maximum Gasteiger partial charge on any atom is 0.320 e. The molecule has 0 aliphatic rings. The summed E-state index contributed by atoms with van der Waals surface area (Å²) in [6.45, 7) is 0.0711. The third-order valence-corrected chi connectivity index (χ3v) is 2.46. The van der Waals surface area contributed by atoms with Gasteiger partial charge in [0, 0.05) is 24.1 Å². The quantitative estimate of drug-likeness (QED) is 0.844. The molecule has 3 N–H and O–H groups in total. The van der Waals surface area contributed by atoms with E-state index in [-0.39, 0.29) is 24.2 Å². The third-order valence-electron chi connectivity index (χ3n) is 2.24. The van der Waals surface area contributed by atoms with Crippen molar-refractivity contribution in [2.24, 2.45) is 5.73 Å². The molecule has 1 aromatic rings. The first kappa shape index (κ1) is 13.9. The predicted octanol–water partition coefficient (Wildman–Crippen LogP) is 1.58. The maximum atomic E-state index is 13.9. The molecule has 0 aliphatic heterocycles. The van der Waals surface area contributed by atoms with Gasteiger partial charge in [0.1, 0.15) is 11.9 Å². The van der Waals surface area contributed by atoms with Crippen LogP contribution in [0.15, 0.2) is 12.1 Å². The van der Waals surface area contributed by atoms with Gasteiger partial charge in [0.15, 0.2) is 0 Å². The van der Waals surface area contributed by atoms with Crippen LogP contribution in [0.2, 0.25) is 5.02 Å². The van der Waals surface area contributed by atoms with E-state index in [1.807, 2.05) is 0 Å². The van der Waals surface area contributed by atoms with Crippen molar-refractivity contribution in [1.82, 2.24) is 0 Å². The number of hydrogen-bond acceptors (Lipinski definition) is 3.